The number of nitrogens with one attached hydrogen (secondary N) is 1. The fourth-order valence-corrected chi connectivity index (χ4v) is 1.64. The van der Waals surface area contributed by atoms with Crippen molar-refractivity contribution in [2.75, 3.05) is 13.7 Å². The lowest BCUT2D eigenvalue weighted by atomic mass is 10.0. The van der Waals surface area contributed by atoms with E-state index in [1.165, 1.54) is 6.07 Å². The monoisotopic (exact) mass is 193 g/mol. The molecule has 0 unspecified atom stereocenters. The zero-order valence-electron chi connectivity index (χ0n) is 8.01. The van der Waals surface area contributed by atoms with Crippen molar-refractivity contribution in [2.45, 2.75) is 6.42 Å². The van der Waals surface area contributed by atoms with Crippen molar-refractivity contribution in [3.63, 3.8) is 0 Å². The first-order valence-electron chi connectivity index (χ1n) is 4.61. The third kappa shape index (κ3) is 1.45. The molecule has 74 valence electrons. The van der Waals surface area contributed by atoms with E-state index in [1.807, 2.05) is 6.07 Å². The Morgan fingerprint density at radius 2 is 2.36 bits per heavy atom. The van der Waals surface area contributed by atoms with Crippen LogP contribution in [-0.4, -0.2) is 13.7 Å². The number of rotatable bonds is 1. The van der Waals surface area contributed by atoms with Gasteiger partial charge in [0.25, 0.3) is 0 Å². The molecule has 2 nitrogen and oxygen atoms in total. The van der Waals surface area contributed by atoms with Crippen LogP contribution in [0.25, 0.3) is 5.76 Å². The lowest BCUT2D eigenvalue weighted by molar-refractivity contribution is 0.266. The molecule has 1 aliphatic heterocycles. The molecule has 0 saturated heterocycles. The lowest BCUT2D eigenvalue weighted by Crippen LogP contribution is -2.12. The minimum absolute atomic E-state index is 0.219. The van der Waals surface area contributed by atoms with Crippen LogP contribution in [0.2, 0.25) is 0 Å². The van der Waals surface area contributed by atoms with Crippen LogP contribution >= 0.6 is 0 Å². The fraction of sp³-hybridized carbons (Fsp3) is 0.273. The molecule has 0 spiro atoms. The first kappa shape index (κ1) is 9.06. The number of hydrogen-bond donors (Lipinski definition) is 1. The summed E-state index contributed by atoms with van der Waals surface area (Å²) in [6.45, 7) is 0.615. The normalized spacial score (nSPS) is 17.4. The molecule has 0 saturated carbocycles. The van der Waals surface area contributed by atoms with Gasteiger partial charge in [-0.2, -0.15) is 0 Å². The molecule has 0 radical (unpaired) electrons. The molecule has 0 bridgehead atoms. The Morgan fingerprint density at radius 1 is 1.50 bits per heavy atom. The van der Waals surface area contributed by atoms with Crippen molar-refractivity contribution in [1.29, 1.82) is 0 Å². The smallest absolute Gasteiger partial charge is 0.145 e. The van der Waals surface area contributed by atoms with Gasteiger partial charge in [-0.15, -0.1) is 0 Å². The molecule has 0 amide bonds. The van der Waals surface area contributed by atoms with Crippen LogP contribution < -0.4 is 5.32 Å². The maximum atomic E-state index is 13.5. The summed E-state index contributed by atoms with van der Waals surface area (Å²) in [6.07, 6.45) is 2.45. The molecule has 1 aliphatic rings. The molecule has 14 heavy (non-hydrogen) atoms. The van der Waals surface area contributed by atoms with E-state index in [9.17, 15) is 4.39 Å². The highest BCUT2D eigenvalue weighted by molar-refractivity contribution is 5.64. The number of hydrogen-bond acceptors (Lipinski definition) is 2. The van der Waals surface area contributed by atoms with Gasteiger partial charge >= 0.3 is 0 Å². The van der Waals surface area contributed by atoms with Crippen LogP contribution in [0.1, 0.15) is 11.1 Å². The van der Waals surface area contributed by atoms with Crippen molar-refractivity contribution in [2.24, 2.45) is 0 Å². The van der Waals surface area contributed by atoms with Crippen LogP contribution in [0.15, 0.2) is 24.4 Å². The summed E-state index contributed by atoms with van der Waals surface area (Å²) in [5.41, 5.74) is 1.60. The molecular weight excluding hydrogens is 181 g/mol. The molecule has 0 fully saturated rings. The Hall–Kier alpha value is -1.51. The van der Waals surface area contributed by atoms with Crippen molar-refractivity contribution >= 4 is 5.76 Å². The van der Waals surface area contributed by atoms with E-state index in [-0.39, 0.29) is 5.82 Å². The number of ether oxygens (including phenoxy) is 1. The van der Waals surface area contributed by atoms with Crippen LogP contribution in [0.5, 0.6) is 0 Å². The topological polar surface area (TPSA) is 21.3 Å². The maximum Gasteiger partial charge on any atom is 0.145 e. The predicted octanol–water partition coefficient (Wildman–Crippen LogP) is 1.92. The minimum Gasteiger partial charge on any atom is -0.491 e. The highest BCUT2D eigenvalue weighted by Gasteiger charge is 2.18. The molecule has 3 heteroatoms. The maximum absolute atomic E-state index is 13.5. The number of benzene rings is 1. The zero-order valence-corrected chi connectivity index (χ0v) is 8.01. The summed E-state index contributed by atoms with van der Waals surface area (Å²) >= 11 is 0. The quantitative estimate of drug-likeness (QED) is 0.735. The van der Waals surface area contributed by atoms with Crippen LogP contribution in [0.3, 0.4) is 0 Å². The van der Waals surface area contributed by atoms with Crippen LogP contribution in [-0.2, 0) is 11.2 Å². The summed E-state index contributed by atoms with van der Waals surface area (Å²) in [4.78, 5) is 0. The molecule has 1 aromatic carbocycles. The van der Waals surface area contributed by atoms with Gasteiger partial charge < -0.3 is 10.1 Å². The van der Waals surface area contributed by atoms with E-state index in [4.69, 9.17) is 4.74 Å². The number of fused-ring (bicyclic) bond motifs is 1. The standard InChI is InChI=1S/C11H12FNO/c1-13-7-10-11-8(5-6-14-10)3-2-4-9(11)12/h2-4,7,13H,5-6H2,1H3/b10-7-. The van der Waals surface area contributed by atoms with Gasteiger partial charge in [0.1, 0.15) is 11.6 Å². The molecule has 2 rings (SSSR count). The van der Waals surface area contributed by atoms with E-state index in [2.05, 4.69) is 5.32 Å². The van der Waals surface area contributed by atoms with E-state index in [0.29, 0.717) is 17.9 Å². The lowest BCUT2D eigenvalue weighted by Gasteiger charge is -2.20. The second-order valence-corrected chi connectivity index (χ2v) is 3.17. The molecular formula is C11H12FNO. The molecule has 0 aromatic heterocycles. The van der Waals surface area contributed by atoms with Gasteiger partial charge in [0, 0.05) is 19.7 Å². The fourth-order valence-electron chi connectivity index (χ4n) is 1.64. The summed E-state index contributed by atoms with van der Waals surface area (Å²) in [6, 6.07) is 5.12. The van der Waals surface area contributed by atoms with Crippen molar-refractivity contribution in [3.8, 4) is 0 Å². The Labute approximate surface area is 82.4 Å². The predicted molar refractivity (Wildman–Crippen MR) is 53.1 cm³/mol. The molecule has 1 N–H and O–H groups in total. The van der Waals surface area contributed by atoms with E-state index < -0.39 is 0 Å². The third-order valence-corrected chi connectivity index (χ3v) is 2.25. The van der Waals surface area contributed by atoms with Crippen molar-refractivity contribution in [3.05, 3.63) is 41.3 Å². The third-order valence-electron chi connectivity index (χ3n) is 2.25. The average Bonchev–Trinajstić information content (AvgIpc) is 2.19. The Balaban J connectivity index is 2.52. The van der Waals surface area contributed by atoms with Gasteiger partial charge in [0.2, 0.25) is 0 Å². The van der Waals surface area contributed by atoms with Crippen LogP contribution in [0, 0.1) is 5.82 Å². The van der Waals surface area contributed by atoms with Gasteiger partial charge in [-0.05, 0) is 11.6 Å². The minimum atomic E-state index is -0.219. The van der Waals surface area contributed by atoms with Crippen molar-refractivity contribution in [1.82, 2.24) is 5.32 Å². The van der Waals surface area contributed by atoms with E-state index >= 15 is 0 Å². The SMILES string of the molecule is CN/C=C1\OCCc2cccc(F)c21. The summed E-state index contributed by atoms with van der Waals surface area (Å²) in [7, 11) is 1.77. The van der Waals surface area contributed by atoms with Gasteiger partial charge in [0.15, 0.2) is 0 Å². The van der Waals surface area contributed by atoms with E-state index in [1.54, 1.807) is 19.3 Å². The second kappa shape index (κ2) is 3.70. The molecule has 0 atom stereocenters. The second-order valence-electron chi connectivity index (χ2n) is 3.17. The molecule has 0 aliphatic carbocycles. The van der Waals surface area contributed by atoms with Gasteiger partial charge in [-0.3, -0.25) is 0 Å². The van der Waals surface area contributed by atoms with E-state index in [0.717, 1.165) is 12.0 Å². The van der Waals surface area contributed by atoms with Crippen molar-refractivity contribution < 1.29 is 9.13 Å². The van der Waals surface area contributed by atoms with Gasteiger partial charge in [-0.25, -0.2) is 4.39 Å². The highest BCUT2D eigenvalue weighted by atomic mass is 19.1. The Morgan fingerprint density at radius 3 is 3.14 bits per heavy atom. The first-order chi connectivity index (χ1) is 6.83. The molecule has 1 heterocycles. The highest BCUT2D eigenvalue weighted by Crippen LogP contribution is 2.27. The first-order valence-corrected chi connectivity index (χ1v) is 4.61. The largest absolute Gasteiger partial charge is 0.491 e. The number of halogens is 1. The summed E-state index contributed by atoms with van der Waals surface area (Å²) < 4.78 is 18.9. The van der Waals surface area contributed by atoms with Gasteiger partial charge in [-0.1, -0.05) is 12.1 Å². The van der Waals surface area contributed by atoms with Crippen LogP contribution in [0.4, 0.5) is 4.39 Å². The average molecular weight is 193 g/mol. The van der Waals surface area contributed by atoms with Gasteiger partial charge in [0.05, 0.1) is 12.2 Å². The zero-order chi connectivity index (χ0) is 9.97. The summed E-state index contributed by atoms with van der Waals surface area (Å²) in [5.74, 6) is 0.371. The Kier molecular flexibility index (Phi) is 2.39. The Bertz CT molecular complexity index is 374. The molecule has 1 aromatic rings. The summed E-state index contributed by atoms with van der Waals surface area (Å²) in [5, 5.41) is 2.85.